The van der Waals surface area contributed by atoms with E-state index in [9.17, 15) is 14.4 Å². The number of halogens is 1. The van der Waals surface area contributed by atoms with Crippen molar-refractivity contribution in [2.75, 3.05) is 36.5 Å². The second-order valence-electron chi connectivity index (χ2n) is 10.1. The summed E-state index contributed by atoms with van der Waals surface area (Å²) in [6, 6.07) is 10.3. The molecule has 1 aliphatic heterocycles. The molecule has 3 aliphatic rings. The van der Waals surface area contributed by atoms with E-state index in [1.807, 2.05) is 12.1 Å². The number of carbonyl (C=O) groups excluding carboxylic acids is 3. The van der Waals surface area contributed by atoms with Crippen LogP contribution in [0.5, 0.6) is 0 Å². The fourth-order valence-corrected chi connectivity index (χ4v) is 6.14. The molecule has 8 nitrogen and oxygen atoms in total. The Hall–Kier alpha value is -2.46. The van der Waals surface area contributed by atoms with E-state index < -0.39 is 6.04 Å². The smallest absolute Gasteiger partial charge is 0.261 e. The average molecular weight is 545 g/mol. The Morgan fingerprint density at radius 3 is 2.32 bits per heavy atom. The van der Waals surface area contributed by atoms with Crippen LogP contribution >= 0.6 is 22.9 Å². The highest BCUT2D eigenvalue weighted by molar-refractivity contribution is 7.18. The fraction of sp³-hybridized carbons (Fsp3) is 0.519. The van der Waals surface area contributed by atoms with E-state index >= 15 is 0 Å². The highest BCUT2D eigenvalue weighted by Gasteiger charge is 2.38. The molecule has 3 amide bonds. The van der Waals surface area contributed by atoms with Crippen LogP contribution in [0.1, 0.15) is 48.2 Å². The van der Waals surface area contributed by atoms with E-state index in [0.29, 0.717) is 39.9 Å². The Morgan fingerprint density at radius 2 is 1.76 bits per heavy atom. The van der Waals surface area contributed by atoms with Gasteiger partial charge in [-0.2, -0.15) is 0 Å². The lowest BCUT2D eigenvalue weighted by Crippen LogP contribution is -2.57. The number of carbonyl (C=O) groups is 3. The van der Waals surface area contributed by atoms with Crippen LogP contribution in [0.3, 0.4) is 0 Å². The second kappa shape index (κ2) is 11.9. The lowest BCUT2D eigenvalue weighted by atomic mass is 9.68. The summed E-state index contributed by atoms with van der Waals surface area (Å²) in [4.78, 5) is 40.5. The summed E-state index contributed by atoms with van der Waals surface area (Å²) in [6.45, 7) is 1.27. The van der Waals surface area contributed by atoms with E-state index in [1.54, 1.807) is 29.2 Å². The molecule has 1 aromatic heterocycles. The number of anilines is 2. The summed E-state index contributed by atoms with van der Waals surface area (Å²) in [6.07, 6.45) is 7.21. The van der Waals surface area contributed by atoms with Crippen molar-refractivity contribution >= 4 is 52.0 Å². The van der Waals surface area contributed by atoms with Crippen LogP contribution in [0.25, 0.3) is 0 Å². The Morgan fingerprint density at radius 1 is 1.05 bits per heavy atom. The number of morpholine rings is 1. The largest absolute Gasteiger partial charge is 0.370 e. The number of rotatable bonds is 10. The number of ether oxygens (including phenoxy) is 1. The first-order valence-corrected chi connectivity index (χ1v) is 14.3. The lowest BCUT2D eigenvalue weighted by molar-refractivity contribution is -0.125. The lowest BCUT2D eigenvalue weighted by Gasteiger charge is -2.44. The van der Waals surface area contributed by atoms with E-state index in [4.69, 9.17) is 16.3 Å². The molecule has 10 heteroatoms. The van der Waals surface area contributed by atoms with E-state index in [1.165, 1.54) is 49.9 Å². The summed E-state index contributed by atoms with van der Waals surface area (Å²) >= 11 is 7.21. The molecular formula is C27H33ClN4O4S. The molecule has 2 saturated carbocycles. The molecular weight excluding hydrogens is 512 g/mol. The van der Waals surface area contributed by atoms with Crippen molar-refractivity contribution in [1.29, 1.82) is 0 Å². The standard InChI is InChI=1S/C27H33ClN4O4S/c28-23-12-11-22(37-23)27(35)29-15-21(31-25(17-3-1-4-17)18-5-2-6-18)26(34)30-19-7-9-20(10-8-19)32-13-14-36-16-24(32)33/h7-12,17-18,21,25,31H,1-6,13-16H2,(H,29,35)(H,30,34)/t21-/m0/s1. The van der Waals surface area contributed by atoms with Crippen LogP contribution < -0.4 is 20.9 Å². The van der Waals surface area contributed by atoms with Gasteiger partial charge in [-0.1, -0.05) is 24.4 Å². The Labute approximate surface area is 226 Å². The third-order valence-electron chi connectivity index (χ3n) is 7.72. The predicted molar refractivity (Wildman–Crippen MR) is 145 cm³/mol. The first-order valence-electron chi connectivity index (χ1n) is 13.1. The van der Waals surface area contributed by atoms with E-state index in [2.05, 4.69) is 16.0 Å². The van der Waals surface area contributed by atoms with Gasteiger partial charge in [-0.15, -0.1) is 11.3 Å². The monoisotopic (exact) mass is 544 g/mol. The quantitative estimate of drug-likeness (QED) is 0.419. The molecule has 198 valence electrons. The number of nitrogens with one attached hydrogen (secondary N) is 3. The molecule has 0 radical (unpaired) electrons. The normalized spacial score (nSPS) is 19.3. The van der Waals surface area contributed by atoms with E-state index in [0.717, 1.165) is 5.69 Å². The molecule has 2 aliphatic carbocycles. The van der Waals surface area contributed by atoms with Gasteiger partial charge in [0.1, 0.15) is 12.6 Å². The molecule has 0 spiro atoms. The Bertz CT molecular complexity index is 1100. The second-order valence-corrected chi connectivity index (χ2v) is 11.8. The zero-order valence-electron chi connectivity index (χ0n) is 20.7. The number of nitrogens with zero attached hydrogens (tertiary/aromatic N) is 1. The van der Waals surface area contributed by atoms with Gasteiger partial charge in [0.2, 0.25) is 5.91 Å². The molecule has 0 unspecified atom stereocenters. The SMILES string of the molecule is O=C(NC[C@H](NC(C1CCC1)C1CCC1)C(=O)Nc1ccc(N2CCOCC2=O)cc1)c1ccc(Cl)s1. The molecule has 2 heterocycles. The third-order valence-corrected chi connectivity index (χ3v) is 8.95. The number of benzene rings is 1. The molecule has 1 saturated heterocycles. The van der Waals surface area contributed by atoms with Gasteiger partial charge >= 0.3 is 0 Å². The first kappa shape index (κ1) is 26.2. The fourth-order valence-electron chi connectivity index (χ4n) is 5.18. The zero-order valence-corrected chi connectivity index (χ0v) is 22.3. The zero-order chi connectivity index (χ0) is 25.8. The van der Waals surface area contributed by atoms with Crippen molar-refractivity contribution in [3.05, 3.63) is 45.6 Å². The summed E-state index contributed by atoms with van der Waals surface area (Å²) in [5.41, 5.74) is 1.42. The summed E-state index contributed by atoms with van der Waals surface area (Å²) in [5.74, 6) is 0.659. The molecule has 3 fully saturated rings. The molecule has 0 bridgehead atoms. The van der Waals surface area contributed by atoms with Gasteiger partial charge in [-0.25, -0.2) is 0 Å². The number of hydrogen-bond donors (Lipinski definition) is 3. The highest BCUT2D eigenvalue weighted by atomic mass is 35.5. The van der Waals surface area contributed by atoms with Crippen LogP contribution in [0.2, 0.25) is 4.34 Å². The third kappa shape index (κ3) is 6.34. The topological polar surface area (TPSA) is 99.8 Å². The highest BCUT2D eigenvalue weighted by Crippen LogP contribution is 2.40. The maximum atomic E-state index is 13.5. The van der Waals surface area contributed by atoms with Gasteiger partial charge in [0, 0.05) is 30.5 Å². The Balaban J connectivity index is 1.26. The van der Waals surface area contributed by atoms with Gasteiger partial charge in [0.25, 0.3) is 11.8 Å². The van der Waals surface area contributed by atoms with Crippen LogP contribution in [0.4, 0.5) is 11.4 Å². The number of thiophene rings is 1. The minimum absolute atomic E-state index is 0.0758. The predicted octanol–water partition coefficient (Wildman–Crippen LogP) is 4.06. The number of amides is 3. The van der Waals surface area contributed by atoms with Gasteiger partial charge in [-0.05, 0) is 73.9 Å². The first-order chi connectivity index (χ1) is 18.0. The van der Waals surface area contributed by atoms with Crippen molar-refractivity contribution < 1.29 is 19.1 Å². The minimum atomic E-state index is -0.578. The maximum absolute atomic E-state index is 13.5. The van der Waals surface area contributed by atoms with Crippen LogP contribution in [-0.2, 0) is 14.3 Å². The molecule has 1 atom stereocenters. The van der Waals surface area contributed by atoms with Crippen molar-refractivity contribution in [3.8, 4) is 0 Å². The van der Waals surface area contributed by atoms with Crippen molar-refractivity contribution in [1.82, 2.24) is 10.6 Å². The summed E-state index contributed by atoms with van der Waals surface area (Å²) < 4.78 is 5.75. The molecule has 2 aromatic rings. The van der Waals surface area contributed by atoms with Crippen molar-refractivity contribution in [3.63, 3.8) is 0 Å². The molecule has 37 heavy (non-hydrogen) atoms. The number of hydrogen-bond acceptors (Lipinski definition) is 6. The van der Waals surface area contributed by atoms with Gasteiger partial charge in [0.05, 0.1) is 15.8 Å². The summed E-state index contributed by atoms with van der Waals surface area (Å²) in [7, 11) is 0. The van der Waals surface area contributed by atoms with Gasteiger partial charge in [0.15, 0.2) is 0 Å². The summed E-state index contributed by atoms with van der Waals surface area (Å²) in [5, 5.41) is 9.57. The van der Waals surface area contributed by atoms with Gasteiger partial charge in [-0.3, -0.25) is 14.4 Å². The van der Waals surface area contributed by atoms with Crippen LogP contribution in [0, 0.1) is 11.8 Å². The molecule has 1 aromatic carbocycles. The van der Waals surface area contributed by atoms with Crippen LogP contribution in [0.15, 0.2) is 36.4 Å². The van der Waals surface area contributed by atoms with Crippen LogP contribution in [-0.4, -0.2) is 56.1 Å². The maximum Gasteiger partial charge on any atom is 0.261 e. The molecule has 3 N–H and O–H groups in total. The average Bonchev–Trinajstić information content (AvgIpc) is 3.26. The van der Waals surface area contributed by atoms with Crippen molar-refractivity contribution in [2.45, 2.75) is 50.6 Å². The Kier molecular flexibility index (Phi) is 8.44. The van der Waals surface area contributed by atoms with Crippen molar-refractivity contribution in [2.24, 2.45) is 11.8 Å². The molecule has 5 rings (SSSR count). The minimum Gasteiger partial charge on any atom is -0.370 e. The van der Waals surface area contributed by atoms with Gasteiger partial charge < -0.3 is 25.6 Å². The van der Waals surface area contributed by atoms with E-state index in [-0.39, 0.29) is 36.9 Å².